The zero-order valence-corrected chi connectivity index (χ0v) is 19.6. The fourth-order valence-corrected chi connectivity index (χ4v) is 5.21. The highest BCUT2D eigenvalue weighted by Gasteiger charge is 2.35. The molecule has 1 fully saturated rings. The lowest BCUT2D eigenvalue weighted by Gasteiger charge is -2.27. The van der Waals surface area contributed by atoms with E-state index in [-0.39, 0.29) is 17.2 Å². The Labute approximate surface area is 198 Å². The molecule has 1 heterocycles. The maximum atomic E-state index is 12.8. The molecule has 0 aromatic heterocycles. The molecule has 1 aliphatic heterocycles. The van der Waals surface area contributed by atoms with E-state index in [4.69, 9.17) is 11.6 Å². The van der Waals surface area contributed by atoms with Crippen molar-refractivity contribution in [3.8, 4) is 0 Å². The minimum atomic E-state index is -0.762. The van der Waals surface area contributed by atoms with Crippen molar-refractivity contribution in [2.24, 2.45) is 0 Å². The fraction of sp³-hybridized carbons (Fsp3) is 0.231. The van der Waals surface area contributed by atoms with Crippen molar-refractivity contribution >= 4 is 46.6 Å². The smallest absolute Gasteiger partial charge is 0.246 e. The van der Waals surface area contributed by atoms with Crippen LogP contribution in [0.25, 0.3) is 0 Å². The molecule has 1 saturated heterocycles. The minimum Gasteiger partial charge on any atom is -0.325 e. The van der Waals surface area contributed by atoms with E-state index in [9.17, 15) is 9.59 Å². The Morgan fingerprint density at radius 2 is 1.66 bits per heavy atom. The third-order valence-corrected chi connectivity index (χ3v) is 7.13. The van der Waals surface area contributed by atoms with E-state index >= 15 is 0 Å². The Bertz CT molecular complexity index is 1100. The van der Waals surface area contributed by atoms with Crippen LogP contribution in [0.2, 0.25) is 0 Å². The average molecular weight is 465 g/mol. The molecule has 0 saturated carbocycles. The molecular weight excluding hydrogens is 440 g/mol. The third-order valence-electron chi connectivity index (χ3n) is 5.47. The SMILES string of the molecule is CC(C)c1ccccc1N1C(=O)CS[C@H]1c1ccc(NC(=O)[C@@H](Cl)c2ccccc2)cc1. The summed E-state index contributed by atoms with van der Waals surface area (Å²) in [7, 11) is 0. The summed E-state index contributed by atoms with van der Waals surface area (Å²) >= 11 is 7.94. The molecule has 4 nitrogen and oxygen atoms in total. The summed E-state index contributed by atoms with van der Waals surface area (Å²) in [6.45, 7) is 4.27. The zero-order valence-electron chi connectivity index (χ0n) is 18.0. The van der Waals surface area contributed by atoms with Gasteiger partial charge in [-0.2, -0.15) is 0 Å². The number of nitrogens with zero attached hydrogens (tertiary/aromatic N) is 1. The van der Waals surface area contributed by atoms with Crippen LogP contribution in [-0.2, 0) is 9.59 Å². The molecule has 2 amide bonds. The van der Waals surface area contributed by atoms with Crippen molar-refractivity contribution in [1.29, 1.82) is 0 Å². The number of thioether (sulfide) groups is 1. The number of anilines is 2. The van der Waals surface area contributed by atoms with E-state index in [0.717, 1.165) is 22.4 Å². The number of carbonyl (C=O) groups excluding carboxylic acids is 2. The molecule has 0 unspecified atom stereocenters. The van der Waals surface area contributed by atoms with Crippen molar-refractivity contribution in [3.63, 3.8) is 0 Å². The van der Waals surface area contributed by atoms with Gasteiger partial charge >= 0.3 is 0 Å². The summed E-state index contributed by atoms with van der Waals surface area (Å²) in [4.78, 5) is 27.2. The normalized spacial score (nSPS) is 16.9. The van der Waals surface area contributed by atoms with Crippen LogP contribution in [-0.4, -0.2) is 17.6 Å². The van der Waals surface area contributed by atoms with E-state index < -0.39 is 5.38 Å². The zero-order chi connectivity index (χ0) is 22.7. The van der Waals surface area contributed by atoms with Gasteiger partial charge in [0, 0.05) is 11.4 Å². The summed E-state index contributed by atoms with van der Waals surface area (Å²) in [5, 5.41) is 2.01. The van der Waals surface area contributed by atoms with Gasteiger partial charge in [0.2, 0.25) is 11.8 Å². The first-order chi connectivity index (χ1) is 15.5. The van der Waals surface area contributed by atoms with Gasteiger partial charge in [-0.1, -0.05) is 74.5 Å². The molecular formula is C26H25ClN2O2S. The summed E-state index contributed by atoms with van der Waals surface area (Å²) in [5.41, 5.74) is 4.56. The molecule has 3 aromatic rings. The Kier molecular flexibility index (Phi) is 6.87. The van der Waals surface area contributed by atoms with Crippen LogP contribution in [0.5, 0.6) is 0 Å². The van der Waals surface area contributed by atoms with Crippen molar-refractivity contribution in [3.05, 3.63) is 95.6 Å². The highest BCUT2D eigenvalue weighted by atomic mass is 35.5. The lowest BCUT2D eigenvalue weighted by molar-refractivity contribution is -0.116. The monoisotopic (exact) mass is 464 g/mol. The molecule has 0 aliphatic carbocycles. The van der Waals surface area contributed by atoms with Gasteiger partial charge in [-0.05, 0) is 40.8 Å². The number of hydrogen-bond acceptors (Lipinski definition) is 3. The molecule has 0 spiro atoms. The van der Waals surface area contributed by atoms with E-state index in [2.05, 4.69) is 25.2 Å². The first-order valence-electron chi connectivity index (χ1n) is 10.6. The quantitative estimate of drug-likeness (QED) is 0.423. The van der Waals surface area contributed by atoms with E-state index in [1.54, 1.807) is 11.8 Å². The number of benzene rings is 3. The fourth-order valence-electron chi connectivity index (χ4n) is 3.84. The van der Waals surface area contributed by atoms with Crippen LogP contribution >= 0.6 is 23.4 Å². The lowest BCUT2D eigenvalue weighted by Crippen LogP contribution is -2.29. The van der Waals surface area contributed by atoms with Crippen LogP contribution in [0.1, 0.15) is 47.2 Å². The number of para-hydroxylation sites is 1. The molecule has 0 radical (unpaired) electrons. The van der Waals surface area contributed by atoms with Gasteiger partial charge in [0.15, 0.2) is 0 Å². The van der Waals surface area contributed by atoms with Gasteiger partial charge in [0.25, 0.3) is 0 Å². The first kappa shape index (κ1) is 22.4. The number of rotatable bonds is 6. The maximum Gasteiger partial charge on any atom is 0.246 e. The number of nitrogens with one attached hydrogen (secondary N) is 1. The minimum absolute atomic E-state index is 0.0998. The number of halogens is 1. The summed E-state index contributed by atoms with van der Waals surface area (Å²) in [5.74, 6) is 0.596. The van der Waals surface area contributed by atoms with Gasteiger partial charge in [0.05, 0.1) is 5.75 Å². The maximum absolute atomic E-state index is 12.8. The molecule has 164 valence electrons. The second kappa shape index (κ2) is 9.80. The van der Waals surface area contributed by atoms with Gasteiger partial charge in [-0.15, -0.1) is 23.4 Å². The van der Waals surface area contributed by atoms with Gasteiger partial charge in [-0.25, -0.2) is 0 Å². The third kappa shape index (κ3) is 4.69. The standard InChI is InChI=1S/C26H25ClN2O2S/c1-17(2)21-10-6-7-11-22(21)29-23(30)16-32-26(29)19-12-14-20(15-13-19)28-25(31)24(27)18-8-4-3-5-9-18/h3-15,17,24,26H,16H2,1-2H3,(H,28,31)/t24-,26-/m0/s1. The van der Waals surface area contributed by atoms with Crippen LogP contribution in [0, 0.1) is 0 Å². The summed E-state index contributed by atoms with van der Waals surface area (Å²) < 4.78 is 0. The van der Waals surface area contributed by atoms with E-state index in [1.165, 1.54) is 0 Å². The van der Waals surface area contributed by atoms with Crippen molar-refractivity contribution in [2.75, 3.05) is 16.0 Å². The predicted molar refractivity (Wildman–Crippen MR) is 133 cm³/mol. The lowest BCUT2D eigenvalue weighted by atomic mass is 10.00. The van der Waals surface area contributed by atoms with Gasteiger partial charge in [-0.3, -0.25) is 14.5 Å². The second-order valence-corrected chi connectivity index (χ2v) is 9.53. The van der Waals surface area contributed by atoms with Crippen LogP contribution in [0.15, 0.2) is 78.9 Å². The first-order valence-corrected chi connectivity index (χ1v) is 12.1. The molecule has 1 N–H and O–H groups in total. The summed E-state index contributed by atoms with van der Waals surface area (Å²) in [6.07, 6.45) is 0. The predicted octanol–water partition coefficient (Wildman–Crippen LogP) is 6.51. The van der Waals surface area contributed by atoms with Crippen LogP contribution in [0.4, 0.5) is 11.4 Å². The highest BCUT2D eigenvalue weighted by Crippen LogP contribution is 2.44. The van der Waals surface area contributed by atoms with Crippen LogP contribution in [0.3, 0.4) is 0 Å². The van der Waals surface area contributed by atoms with Crippen LogP contribution < -0.4 is 10.2 Å². The summed E-state index contributed by atoms with van der Waals surface area (Å²) in [6, 6.07) is 25.0. The molecule has 2 atom stereocenters. The van der Waals surface area contributed by atoms with Crippen molar-refractivity contribution in [2.45, 2.75) is 30.5 Å². The van der Waals surface area contributed by atoms with Crippen molar-refractivity contribution in [1.82, 2.24) is 0 Å². The number of hydrogen-bond donors (Lipinski definition) is 1. The van der Waals surface area contributed by atoms with E-state index in [0.29, 0.717) is 17.4 Å². The largest absolute Gasteiger partial charge is 0.325 e. The Balaban J connectivity index is 1.52. The molecule has 1 aliphatic rings. The molecule has 32 heavy (non-hydrogen) atoms. The topological polar surface area (TPSA) is 49.4 Å². The Morgan fingerprint density at radius 1 is 1.00 bits per heavy atom. The number of alkyl halides is 1. The Morgan fingerprint density at radius 3 is 2.34 bits per heavy atom. The highest BCUT2D eigenvalue weighted by molar-refractivity contribution is 8.00. The molecule has 3 aromatic carbocycles. The molecule has 0 bridgehead atoms. The molecule has 6 heteroatoms. The van der Waals surface area contributed by atoms with E-state index in [1.807, 2.05) is 77.7 Å². The second-order valence-electron chi connectivity index (χ2n) is 8.03. The average Bonchev–Trinajstić information content (AvgIpc) is 3.20. The number of amides is 2. The van der Waals surface area contributed by atoms with Crippen molar-refractivity contribution < 1.29 is 9.59 Å². The molecule has 4 rings (SSSR count). The van der Waals surface area contributed by atoms with Gasteiger partial charge < -0.3 is 5.32 Å². The Hall–Kier alpha value is -2.76. The number of carbonyl (C=O) groups is 2. The van der Waals surface area contributed by atoms with Gasteiger partial charge in [0.1, 0.15) is 10.8 Å².